The molecule has 0 heterocycles. The number of rotatable bonds is 9. The molecule has 0 atom stereocenters. The molecule has 0 aromatic heterocycles. The molecule has 0 aliphatic carbocycles. The second-order valence-corrected chi connectivity index (χ2v) is 5.85. The lowest BCUT2D eigenvalue weighted by atomic mass is 10.2. The first kappa shape index (κ1) is 19.4. The number of methoxy groups -OCH3 is 2. The fourth-order valence-electron chi connectivity index (χ4n) is 2.38. The normalized spacial score (nSPS) is 10.1. The van der Waals surface area contributed by atoms with Gasteiger partial charge in [-0.2, -0.15) is 0 Å². The number of ether oxygens (including phenoxy) is 3. The van der Waals surface area contributed by atoms with E-state index >= 15 is 0 Å². The Hall–Kier alpha value is -2.89. The number of hydrogen-bond acceptors (Lipinski definition) is 4. The zero-order valence-electron chi connectivity index (χ0n) is 15.5. The van der Waals surface area contributed by atoms with Crippen molar-refractivity contribution in [3.63, 3.8) is 0 Å². The van der Waals surface area contributed by atoms with Crippen LogP contribution in [0.3, 0.4) is 0 Å². The molecule has 0 fully saturated rings. The number of nitrogens with one attached hydrogen (secondary N) is 2. The average molecular weight is 358 g/mol. The third-order valence-corrected chi connectivity index (χ3v) is 3.73. The Bertz CT molecular complexity index is 696. The Morgan fingerprint density at radius 2 is 1.69 bits per heavy atom. The Labute approximate surface area is 154 Å². The molecule has 6 nitrogen and oxygen atoms in total. The van der Waals surface area contributed by atoms with Gasteiger partial charge in [0.05, 0.1) is 20.8 Å². The molecule has 26 heavy (non-hydrogen) atoms. The molecule has 2 amide bonds. The van der Waals surface area contributed by atoms with E-state index in [2.05, 4.69) is 10.6 Å². The third kappa shape index (κ3) is 6.55. The third-order valence-electron chi connectivity index (χ3n) is 3.73. The van der Waals surface area contributed by atoms with Gasteiger partial charge in [0.2, 0.25) is 0 Å². The molecule has 140 valence electrons. The van der Waals surface area contributed by atoms with Gasteiger partial charge in [0.1, 0.15) is 17.2 Å². The van der Waals surface area contributed by atoms with Crippen LogP contribution in [-0.4, -0.2) is 33.4 Å². The summed E-state index contributed by atoms with van der Waals surface area (Å²) in [5, 5.41) is 5.63. The maximum Gasteiger partial charge on any atom is 0.315 e. The maximum atomic E-state index is 11.9. The molecule has 0 spiro atoms. The molecule has 2 aromatic carbocycles. The second kappa shape index (κ2) is 10.2. The van der Waals surface area contributed by atoms with Gasteiger partial charge in [-0.25, -0.2) is 4.79 Å². The lowest BCUT2D eigenvalue weighted by Crippen LogP contribution is -2.36. The Kier molecular flexibility index (Phi) is 7.61. The van der Waals surface area contributed by atoms with Crippen LogP contribution in [0.5, 0.6) is 17.2 Å². The lowest BCUT2D eigenvalue weighted by Gasteiger charge is -2.11. The van der Waals surface area contributed by atoms with Crippen molar-refractivity contribution in [2.45, 2.75) is 19.9 Å². The van der Waals surface area contributed by atoms with Crippen molar-refractivity contribution in [3.05, 3.63) is 53.6 Å². The molecule has 0 saturated carbocycles. The van der Waals surface area contributed by atoms with Crippen molar-refractivity contribution in [3.8, 4) is 17.2 Å². The number of benzene rings is 2. The Balaban J connectivity index is 1.66. The van der Waals surface area contributed by atoms with Crippen LogP contribution < -0.4 is 24.8 Å². The molecule has 6 heteroatoms. The van der Waals surface area contributed by atoms with E-state index in [0.29, 0.717) is 31.2 Å². The fraction of sp³-hybridized carbons (Fsp3) is 0.350. The molecule has 2 rings (SSSR count). The standard InChI is InChI=1S/C20H26N2O4/c1-15-6-4-7-17(10-15)26-9-5-8-21-20(23)22-14-16-11-18(24-2)13-19(12-16)25-3/h4,6-7,10-13H,5,8-9,14H2,1-3H3,(H2,21,22,23). The highest BCUT2D eigenvalue weighted by Gasteiger charge is 2.04. The van der Waals surface area contributed by atoms with Crippen LogP contribution >= 0.6 is 0 Å². The molecular formula is C20H26N2O4. The fourth-order valence-corrected chi connectivity index (χ4v) is 2.38. The van der Waals surface area contributed by atoms with E-state index in [-0.39, 0.29) is 6.03 Å². The van der Waals surface area contributed by atoms with Crippen LogP contribution in [0.25, 0.3) is 0 Å². The Morgan fingerprint density at radius 1 is 0.962 bits per heavy atom. The minimum Gasteiger partial charge on any atom is -0.497 e. The molecule has 0 saturated heterocycles. The molecule has 0 bridgehead atoms. The highest BCUT2D eigenvalue weighted by molar-refractivity contribution is 5.73. The van der Waals surface area contributed by atoms with Gasteiger partial charge in [-0.3, -0.25) is 0 Å². The van der Waals surface area contributed by atoms with Gasteiger partial charge in [-0.15, -0.1) is 0 Å². The van der Waals surface area contributed by atoms with E-state index < -0.39 is 0 Å². The molecule has 0 unspecified atom stereocenters. The first-order chi connectivity index (χ1) is 12.6. The van der Waals surface area contributed by atoms with Crippen molar-refractivity contribution in [1.29, 1.82) is 0 Å². The average Bonchev–Trinajstić information content (AvgIpc) is 2.65. The van der Waals surface area contributed by atoms with Gasteiger partial charge in [0, 0.05) is 19.2 Å². The highest BCUT2D eigenvalue weighted by atomic mass is 16.5. The summed E-state index contributed by atoms with van der Waals surface area (Å²) in [6.45, 7) is 3.51. The van der Waals surface area contributed by atoms with Crippen LogP contribution in [0.4, 0.5) is 4.79 Å². The second-order valence-electron chi connectivity index (χ2n) is 5.85. The SMILES string of the molecule is COc1cc(CNC(=O)NCCCOc2cccc(C)c2)cc(OC)c1. The minimum atomic E-state index is -0.220. The first-order valence-corrected chi connectivity index (χ1v) is 8.54. The topological polar surface area (TPSA) is 68.8 Å². The monoisotopic (exact) mass is 358 g/mol. The van der Waals surface area contributed by atoms with E-state index in [1.165, 1.54) is 0 Å². The zero-order chi connectivity index (χ0) is 18.8. The first-order valence-electron chi connectivity index (χ1n) is 8.54. The largest absolute Gasteiger partial charge is 0.497 e. The van der Waals surface area contributed by atoms with Crippen LogP contribution in [-0.2, 0) is 6.54 Å². The molecular weight excluding hydrogens is 332 g/mol. The minimum absolute atomic E-state index is 0.220. The maximum absolute atomic E-state index is 11.9. The van der Waals surface area contributed by atoms with E-state index in [1.54, 1.807) is 20.3 Å². The van der Waals surface area contributed by atoms with Gasteiger partial charge >= 0.3 is 6.03 Å². The summed E-state index contributed by atoms with van der Waals surface area (Å²) in [7, 11) is 3.19. The summed E-state index contributed by atoms with van der Waals surface area (Å²) < 4.78 is 16.1. The number of amides is 2. The van der Waals surface area contributed by atoms with Gasteiger partial charge < -0.3 is 24.8 Å². The van der Waals surface area contributed by atoms with E-state index in [0.717, 1.165) is 23.3 Å². The molecule has 0 aliphatic rings. The summed E-state index contributed by atoms with van der Waals surface area (Å²) >= 11 is 0. The summed E-state index contributed by atoms with van der Waals surface area (Å²) in [6, 6.07) is 13.2. The van der Waals surface area contributed by atoms with Crippen molar-refractivity contribution in [2.24, 2.45) is 0 Å². The Morgan fingerprint density at radius 3 is 2.35 bits per heavy atom. The van der Waals surface area contributed by atoms with Crippen LogP contribution in [0.15, 0.2) is 42.5 Å². The molecule has 0 radical (unpaired) electrons. The quantitative estimate of drug-likeness (QED) is 0.675. The van der Waals surface area contributed by atoms with E-state index in [9.17, 15) is 4.79 Å². The van der Waals surface area contributed by atoms with Crippen molar-refractivity contribution in [2.75, 3.05) is 27.4 Å². The predicted molar refractivity (Wildman–Crippen MR) is 101 cm³/mol. The lowest BCUT2D eigenvalue weighted by molar-refractivity contribution is 0.238. The molecule has 2 aromatic rings. The van der Waals surface area contributed by atoms with Gasteiger partial charge in [0.15, 0.2) is 0 Å². The van der Waals surface area contributed by atoms with Gasteiger partial charge in [0.25, 0.3) is 0 Å². The zero-order valence-corrected chi connectivity index (χ0v) is 15.5. The van der Waals surface area contributed by atoms with Crippen molar-refractivity contribution >= 4 is 6.03 Å². The van der Waals surface area contributed by atoms with Crippen molar-refractivity contribution in [1.82, 2.24) is 10.6 Å². The predicted octanol–water partition coefficient (Wildman–Crippen LogP) is 3.28. The number of carbonyl (C=O) groups is 1. The van der Waals surface area contributed by atoms with E-state index in [1.807, 2.05) is 43.3 Å². The molecule has 2 N–H and O–H groups in total. The summed E-state index contributed by atoms with van der Waals surface area (Å²) in [5.41, 5.74) is 2.06. The van der Waals surface area contributed by atoms with E-state index in [4.69, 9.17) is 14.2 Å². The van der Waals surface area contributed by atoms with Gasteiger partial charge in [-0.05, 0) is 48.7 Å². The van der Waals surface area contributed by atoms with Crippen LogP contribution in [0.2, 0.25) is 0 Å². The van der Waals surface area contributed by atoms with Gasteiger partial charge in [-0.1, -0.05) is 12.1 Å². The summed E-state index contributed by atoms with van der Waals surface area (Å²) in [4.78, 5) is 11.9. The smallest absolute Gasteiger partial charge is 0.315 e. The number of urea groups is 1. The molecule has 0 aliphatic heterocycles. The number of hydrogen-bond donors (Lipinski definition) is 2. The highest BCUT2D eigenvalue weighted by Crippen LogP contribution is 2.22. The van der Waals surface area contributed by atoms with Crippen LogP contribution in [0.1, 0.15) is 17.5 Å². The summed E-state index contributed by atoms with van der Waals surface area (Å²) in [5.74, 6) is 2.23. The van der Waals surface area contributed by atoms with Crippen molar-refractivity contribution < 1.29 is 19.0 Å². The number of aryl methyl sites for hydroxylation is 1. The number of carbonyl (C=O) groups excluding carboxylic acids is 1. The summed E-state index contributed by atoms with van der Waals surface area (Å²) in [6.07, 6.45) is 0.731. The van der Waals surface area contributed by atoms with Crippen LogP contribution in [0, 0.1) is 6.92 Å².